The molecular formula is C11H20N2O3. The molecule has 0 heterocycles. The number of hydrogen-bond acceptors (Lipinski definition) is 3. The molecule has 16 heavy (non-hydrogen) atoms. The minimum atomic E-state index is -0.938. The van der Waals surface area contributed by atoms with Crippen molar-refractivity contribution in [3.05, 3.63) is 11.6 Å². The number of amides is 1. The number of carbonyl (C=O) groups excluding carboxylic acids is 1. The molecule has 0 aromatic heterocycles. The third-order valence-corrected chi connectivity index (χ3v) is 2.39. The Morgan fingerprint density at radius 2 is 2.06 bits per heavy atom. The van der Waals surface area contributed by atoms with Crippen molar-refractivity contribution in [3.8, 4) is 0 Å². The average Bonchev–Trinajstić information content (AvgIpc) is 2.26. The molecule has 1 unspecified atom stereocenters. The van der Waals surface area contributed by atoms with E-state index >= 15 is 0 Å². The summed E-state index contributed by atoms with van der Waals surface area (Å²) >= 11 is 0. The Morgan fingerprint density at radius 3 is 2.50 bits per heavy atom. The van der Waals surface area contributed by atoms with Crippen LogP contribution >= 0.6 is 0 Å². The highest BCUT2D eigenvalue weighted by Crippen LogP contribution is 1.93. The van der Waals surface area contributed by atoms with Crippen molar-refractivity contribution in [2.24, 2.45) is 0 Å². The second-order valence-electron chi connectivity index (χ2n) is 3.67. The van der Waals surface area contributed by atoms with Gasteiger partial charge in [0.15, 0.2) is 0 Å². The summed E-state index contributed by atoms with van der Waals surface area (Å²) in [4.78, 5) is 23.7. The first-order valence-corrected chi connectivity index (χ1v) is 5.28. The van der Waals surface area contributed by atoms with E-state index in [-0.39, 0.29) is 17.5 Å². The summed E-state index contributed by atoms with van der Waals surface area (Å²) in [6.07, 6.45) is 1.55. The number of hydrogen-bond donors (Lipinski definition) is 2. The van der Waals surface area contributed by atoms with Gasteiger partial charge >= 0.3 is 5.97 Å². The molecule has 0 aliphatic rings. The van der Waals surface area contributed by atoms with E-state index in [0.717, 1.165) is 0 Å². The highest BCUT2D eigenvalue weighted by atomic mass is 16.4. The number of aliphatic carboxylic acids is 1. The third kappa shape index (κ3) is 4.93. The summed E-state index contributed by atoms with van der Waals surface area (Å²) in [7, 11) is 1.73. The molecule has 5 heteroatoms. The minimum Gasteiger partial charge on any atom is -0.478 e. The Kier molecular flexibility index (Phi) is 6.41. The standard InChI is InChI=1S/C11H20N2O3/c1-5-13(4)10(14)9(3)12-7-6-8(2)11(15)16/h6,9,12H,5,7H2,1-4H3,(H,15,16)/b8-6-. The van der Waals surface area contributed by atoms with Crippen LogP contribution in [0.2, 0.25) is 0 Å². The van der Waals surface area contributed by atoms with E-state index in [1.54, 1.807) is 24.9 Å². The predicted molar refractivity (Wildman–Crippen MR) is 62.2 cm³/mol. The van der Waals surface area contributed by atoms with Crippen LogP contribution in [0.1, 0.15) is 20.8 Å². The van der Waals surface area contributed by atoms with Crippen LogP contribution in [0, 0.1) is 0 Å². The third-order valence-electron chi connectivity index (χ3n) is 2.39. The average molecular weight is 228 g/mol. The zero-order chi connectivity index (χ0) is 12.7. The lowest BCUT2D eigenvalue weighted by Gasteiger charge is -2.20. The van der Waals surface area contributed by atoms with Crippen LogP contribution in [0.3, 0.4) is 0 Å². The van der Waals surface area contributed by atoms with E-state index in [4.69, 9.17) is 5.11 Å². The summed E-state index contributed by atoms with van der Waals surface area (Å²) in [5.41, 5.74) is 0.274. The lowest BCUT2D eigenvalue weighted by atomic mass is 10.2. The number of rotatable bonds is 6. The summed E-state index contributed by atoms with van der Waals surface area (Å²) in [6, 6.07) is -0.303. The van der Waals surface area contributed by atoms with Gasteiger partial charge in [0.2, 0.25) is 5.91 Å². The second kappa shape index (κ2) is 7.00. The van der Waals surface area contributed by atoms with Crippen molar-refractivity contribution in [2.75, 3.05) is 20.1 Å². The molecule has 0 aliphatic carbocycles. The van der Waals surface area contributed by atoms with Gasteiger partial charge in [-0.05, 0) is 20.8 Å². The van der Waals surface area contributed by atoms with Crippen LogP contribution in [0.25, 0.3) is 0 Å². The fraction of sp³-hybridized carbons (Fsp3) is 0.636. The van der Waals surface area contributed by atoms with Crippen LogP contribution in [-0.4, -0.2) is 48.1 Å². The molecular weight excluding hydrogens is 208 g/mol. The van der Waals surface area contributed by atoms with Gasteiger partial charge in [0.05, 0.1) is 6.04 Å². The van der Waals surface area contributed by atoms with E-state index in [2.05, 4.69) is 5.32 Å². The minimum absolute atomic E-state index is 0.00359. The molecule has 1 atom stereocenters. The largest absolute Gasteiger partial charge is 0.478 e. The first-order chi connectivity index (χ1) is 7.40. The highest BCUT2D eigenvalue weighted by Gasteiger charge is 2.14. The van der Waals surface area contributed by atoms with Gasteiger partial charge in [0, 0.05) is 25.7 Å². The summed E-state index contributed by atoms with van der Waals surface area (Å²) in [5, 5.41) is 11.6. The number of likely N-dealkylation sites (N-methyl/N-ethyl adjacent to an activating group) is 1. The molecule has 0 radical (unpaired) electrons. The van der Waals surface area contributed by atoms with Crippen molar-refractivity contribution in [1.29, 1.82) is 0 Å². The Labute approximate surface area is 96.1 Å². The molecule has 0 fully saturated rings. The summed E-state index contributed by atoms with van der Waals surface area (Å²) < 4.78 is 0. The Balaban J connectivity index is 4.08. The molecule has 0 bridgehead atoms. The van der Waals surface area contributed by atoms with Crippen molar-refractivity contribution >= 4 is 11.9 Å². The monoisotopic (exact) mass is 228 g/mol. The van der Waals surface area contributed by atoms with Crippen LogP contribution < -0.4 is 5.32 Å². The molecule has 0 saturated heterocycles. The zero-order valence-electron chi connectivity index (χ0n) is 10.3. The maximum absolute atomic E-state index is 11.6. The number of carbonyl (C=O) groups is 2. The molecule has 2 N–H and O–H groups in total. The predicted octanol–water partition coefficient (Wildman–Crippen LogP) is 0.474. The van der Waals surface area contributed by atoms with E-state index in [1.807, 2.05) is 6.92 Å². The van der Waals surface area contributed by atoms with Gasteiger partial charge in [-0.15, -0.1) is 0 Å². The van der Waals surface area contributed by atoms with Gasteiger partial charge < -0.3 is 15.3 Å². The highest BCUT2D eigenvalue weighted by molar-refractivity contribution is 5.85. The molecule has 92 valence electrons. The number of nitrogens with zero attached hydrogens (tertiary/aromatic N) is 1. The van der Waals surface area contributed by atoms with Gasteiger partial charge in [-0.25, -0.2) is 4.79 Å². The SMILES string of the molecule is CCN(C)C(=O)C(C)NC/C=C(/C)C(=O)O. The van der Waals surface area contributed by atoms with Gasteiger partial charge in [0.1, 0.15) is 0 Å². The lowest BCUT2D eigenvalue weighted by Crippen LogP contribution is -2.43. The van der Waals surface area contributed by atoms with Gasteiger partial charge in [-0.1, -0.05) is 6.08 Å². The maximum Gasteiger partial charge on any atom is 0.330 e. The fourth-order valence-corrected chi connectivity index (χ4v) is 1.05. The van der Waals surface area contributed by atoms with Crippen molar-refractivity contribution in [3.63, 3.8) is 0 Å². The Hall–Kier alpha value is -1.36. The van der Waals surface area contributed by atoms with Crippen molar-refractivity contribution in [1.82, 2.24) is 10.2 Å². The molecule has 0 rings (SSSR count). The molecule has 0 spiro atoms. The van der Waals surface area contributed by atoms with Crippen molar-refractivity contribution < 1.29 is 14.7 Å². The molecule has 0 aromatic carbocycles. The Bertz CT molecular complexity index is 287. The molecule has 0 aromatic rings. The van der Waals surface area contributed by atoms with E-state index in [9.17, 15) is 9.59 Å². The van der Waals surface area contributed by atoms with Crippen LogP contribution in [0.5, 0.6) is 0 Å². The van der Waals surface area contributed by atoms with Crippen LogP contribution in [0.15, 0.2) is 11.6 Å². The topological polar surface area (TPSA) is 69.6 Å². The van der Waals surface area contributed by atoms with E-state index < -0.39 is 5.97 Å². The molecule has 5 nitrogen and oxygen atoms in total. The quantitative estimate of drug-likeness (QED) is 0.648. The lowest BCUT2D eigenvalue weighted by molar-refractivity contribution is -0.132. The summed E-state index contributed by atoms with van der Waals surface area (Å²) in [5.74, 6) is -0.935. The first kappa shape index (κ1) is 14.6. The zero-order valence-corrected chi connectivity index (χ0v) is 10.3. The van der Waals surface area contributed by atoms with Crippen molar-refractivity contribution in [2.45, 2.75) is 26.8 Å². The van der Waals surface area contributed by atoms with E-state index in [1.165, 1.54) is 6.92 Å². The second-order valence-corrected chi connectivity index (χ2v) is 3.67. The van der Waals surface area contributed by atoms with Gasteiger partial charge in [-0.3, -0.25) is 4.79 Å². The maximum atomic E-state index is 11.6. The summed E-state index contributed by atoms with van der Waals surface area (Å²) in [6.45, 7) is 6.23. The number of nitrogens with one attached hydrogen (secondary N) is 1. The Morgan fingerprint density at radius 1 is 1.50 bits per heavy atom. The van der Waals surface area contributed by atoms with Gasteiger partial charge in [0.25, 0.3) is 0 Å². The smallest absolute Gasteiger partial charge is 0.330 e. The van der Waals surface area contributed by atoms with Crippen LogP contribution in [0.4, 0.5) is 0 Å². The van der Waals surface area contributed by atoms with Crippen LogP contribution in [-0.2, 0) is 9.59 Å². The molecule has 0 saturated carbocycles. The first-order valence-electron chi connectivity index (χ1n) is 5.28. The van der Waals surface area contributed by atoms with E-state index in [0.29, 0.717) is 13.1 Å². The number of carboxylic acids is 1. The molecule has 0 aliphatic heterocycles. The number of carboxylic acid groups (broad SMARTS) is 1. The fourth-order valence-electron chi connectivity index (χ4n) is 1.05. The normalized spacial score (nSPS) is 13.4. The molecule has 1 amide bonds. The van der Waals surface area contributed by atoms with Gasteiger partial charge in [-0.2, -0.15) is 0 Å².